The summed E-state index contributed by atoms with van der Waals surface area (Å²) in [6.45, 7) is -1.44. The number of thiophene rings is 1. The minimum Gasteiger partial charge on any atom is -0.461 e. The molecule has 0 aliphatic carbocycles. The molecule has 0 aromatic carbocycles. The van der Waals surface area contributed by atoms with Crippen LogP contribution < -0.4 is 0 Å². The van der Waals surface area contributed by atoms with Gasteiger partial charge in [0.15, 0.2) is 0 Å². The highest BCUT2D eigenvalue weighted by Gasteiger charge is 2.70. The van der Waals surface area contributed by atoms with Crippen LogP contribution in [0.5, 0.6) is 0 Å². The molecule has 138 valence electrons. The quantitative estimate of drug-likeness (QED) is 0.446. The van der Waals surface area contributed by atoms with Crippen molar-refractivity contribution >= 4 is 27.4 Å². The van der Waals surface area contributed by atoms with Gasteiger partial charge in [-0.25, -0.2) is 4.79 Å². The van der Waals surface area contributed by atoms with E-state index >= 15 is 0 Å². The fourth-order valence-electron chi connectivity index (χ4n) is 1.38. The molecule has 0 saturated heterocycles. The first kappa shape index (κ1) is 20.7. The van der Waals surface area contributed by atoms with E-state index < -0.39 is 56.2 Å². The van der Waals surface area contributed by atoms with Gasteiger partial charge in [-0.15, -0.1) is 11.3 Å². The van der Waals surface area contributed by atoms with Gasteiger partial charge >= 0.3 is 28.4 Å². The zero-order valence-corrected chi connectivity index (χ0v) is 12.8. The highest BCUT2D eigenvalue weighted by atomic mass is 32.3. The van der Waals surface area contributed by atoms with Crippen molar-refractivity contribution in [2.75, 3.05) is 6.61 Å². The van der Waals surface area contributed by atoms with Crippen LogP contribution in [0.3, 0.4) is 0 Å². The molecule has 14 heteroatoms. The van der Waals surface area contributed by atoms with Crippen molar-refractivity contribution in [3.05, 3.63) is 17.0 Å². The zero-order valence-electron chi connectivity index (χ0n) is 11.2. The predicted molar refractivity (Wildman–Crippen MR) is 66.1 cm³/mol. The first-order valence-electron chi connectivity index (χ1n) is 5.70. The smallest absolute Gasteiger partial charge is 0.426 e. The highest BCUT2D eigenvalue weighted by Crippen LogP contribution is 2.45. The van der Waals surface area contributed by atoms with E-state index in [2.05, 4.69) is 4.74 Å². The Labute approximate surface area is 134 Å². The Balaban J connectivity index is 2.79. The highest BCUT2D eigenvalue weighted by molar-refractivity contribution is 7.88. The summed E-state index contributed by atoms with van der Waals surface area (Å²) in [5, 5.41) is 8.83. The van der Waals surface area contributed by atoms with E-state index in [1.165, 1.54) is 0 Å². The number of hydrogen-bond donors (Lipinski definition) is 2. The monoisotopic (exact) mass is 402 g/mol. The summed E-state index contributed by atoms with van der Waals surface area (Å²) in [7, 11) is -4.62. The second-order valence-electron chi connectivity index (χ2n) is 4.34. The van der Waals surface area contributed by atoms with Gasteiger partial charge in [-0.1, -0.05) is 0 Å². The Kier molecular flexibility index (Phi) is 5.59. The zero-order chi connectivity index (χ0) is 19.0. The summed E-state index contributed by atoms with van der Waals surface area (Å²) in [5.41, 5.74) is -5.06. The molecule has 0 spiro atoms. The molecule has 1 rings (SSSR count). The molecular weight excluding hydrogens is 394 g/mol. The maximum Gasteiger partial charge on any atom is 0.426 e. The molecule has 24 heavy (non-hydrogen) atoms. The summed E-state index contributed by atoms with van der Waals surface area (Å²) in [4.78, 5) is 11.0. The van der Waals surface area contributed by atoms with Crippen molar-refractivity contribution in [3.8, 4) is 0 Å². The van der Waals surface area contributed by atoms with Gasteiger partial charge in [0.25, 0.3) is 5.60 Å². The predicted octanol–water partition coefficient (Wildman–Crippen LogP) is 2.40. The molecule has 1 heterocycles. The number of alkyl halides is 6. The molecule has 1 aromatic rings. The molecule has 1 aromatic heterocycles. The molecule has 0 aliphatic rings. The lowest BCUT2D eigenvalue weighted by Gasteiger charge is -2.31. The number of hydrogen-bond acceptors (Lipinski definition) is 6. The van der Waals surface area contributed by atoms with Crippen LogP contribution in [0.15, 0.2) is 16.3 Å². The van der Waals surface area contributed by atoms with E-state index in [9.17, 15) is 39.6 Å². The van der Waals surface area contributed by atoms with Crippen molar-refractivity contribution in [1.29, 1.82) is 0 Å². The van der Waals surface area contributed by atoms with Gasteiger partial charge in [0.05, 0.1) is 6.61 Å². The lowest BCUT2D eigenvalue weighted by atomic mass is 9.99. The molecule has 0 bridgehead atoms. The van der Waals surface area contributed by atoms with Gasteiger partial charge in [-0.05, 0) is 12.1 Å². The summed E-state index contributed by atoms with van der Waals surface area (Å²) in [5.74, 6) is -1.42. The molecule has 0 fully saturated rings. The van der Waals surface area contributed by atoms with Crippen LogP contribution in [0.25, 0.3) is 0 Å². The van der Waals surface area contributed by atoms with Gasteiger partial charge in [0, 0.05) is 6.42 Å². The number of aliphatic hydroxyl groups is 1. The topological polar surface area (TPSA) is 101 Å². The van der Waals surface area contributed by atoms with Crippen LogP contribution in [0.2, 0.25) is 0 Å². The average molecular weight is 402 g/mol. The van der Waals surface area contributed by atoms with E-state index in [-0.39, 0.29) is 11.3 Å². The van der Waals surface area contributed by atoms with Gasteiger partial charge in [0.1, 0.15) is 9.09 Å². The van der Waals surface area contributed by atoms with E-state index in [0.717, 1.165) is 12.1 Å². The van der Waals surface area contributed by atoms with Crippen molar-refractivity contribution in [3.63, 3.8) is 0 Å². The van der Waals surface area contributed by atoms with Crippen molar-refractivity contribution in [2.24, 2.45) is 0 Å². The third-order valence-electron chi connectivity index (χ3n) is 2.67. The summed E-state index contributed by atoms with van der Waals surface area (Å²) in [6, 6.07) is 1.63. The first-order valence-corrected chi connectivity index (χ1v) is 7.95. The van der Waals surface area contributed by atoms with Gasteiger partial charge in [-0.2, -0.15) is 34.8 Å². The summed E-state index contributed by atoms with van der Waals surface area (Å²) >= 11 is 0.197. The normalized spacial score (nSPS) is 13.8. The minimum atomic E-state index is -6.04. The average Bonchev–Trinajstić information content (AvgIpc) is 2.84. The molecule has 0 atom stereocenters. The third kappa shape index (κ3) is 4.37. The van der Waals surface area contributed by atoms with Crippen LogP contribution in [0.1, 0.15) is 16.1 Å². The Morgan fingerprint density at radius 2 is 1.62 bits per heavy atom. The molecule has 0 saturated carbocycles. The maximum atomic E-state index is 12.4. The second-order valence-corrected chi connectivity index (χ2v) is 7.07. The third-order valence-corrected chi connectivity index (χ3v) is 5.06. The summed E-state index contributed by atoms with van der Waals surface area (Å²) < 4.78 is 108. The van der Waals surface area contributed by atoms with Crippen LogP contribution in [0.4, 0.5) is 26.3 Å². The van der Waals surface area contributed by atoms with E-state index in [1.807, 2.05) is 0 Å². The maximum absolute atomic E-state index is 12.4. The summed E-state index contributed by atoms with van der Waals surface area (Å²) in [6.07, 6.45) is -14.1. The Morgan fingerprint density at radius 1 is 1.12 bits per heavy atom. The van der Waals surface area contributed by atoms with Gasteiger partial charge in [-0.3, -0.25) is 4.55 Å². The molecule has 0 aliphatic heterocycles. The molecule has 0 amide bonds. The molecule has 6 nitrogen and oxygen atoms in total. The number of rotatable bonds is 5. The number of ether oxygens (including phenoxy) is 1. The van der Waals surface area contributed by atoms with Crippen LogP contribution in [-0.4, -0.2) is 48.6 Å². The SMILES string of the molecule is O=C(OCCC(O)(C(F)(F)F)C(F)(F)F)c1ccc(S(=O)(=O)O)s1. The molecular formula is C10H8F6O6S2. The first-order chi connectivity index (χ1) is 10.6. The van der Waals surface area contributed by atoms with Crippen molar-refractivity contribution in [2.45, 2.75) is 28.6 Å². The Bertz CT molecular complexity index is 690. The number of halogens is 6. The minimum absolute atomic E-state index is 0.197. The van der Waals surface area contributed by atoms with Gasteiger partial charge < -0.3 is 9.84 Å². The van der Waals surface area contributed by atoms with E-state index in [1.54, 1.807) is 0 Å². The lowest BCUT2D eigenvalue weighted by molar-refractivity contribution is -0.371. The standard InChI is InChI=1S/C10H8F6O6S2/c11-9(12,13)8(18,10(14,15)16)3-4-22-7(17)5-1-2-6(23-5)24(19,20)21/h1-2,18H,3-4H2,(H,19,20,21). The Hall–Kier alpha value is -1.38. The lowest BCUT2D eigenvalue weighted by Crippen LogP contribution is -2.57. The fourth-order valence-corrected chi connectivity index (χ4v) is 2.94. The van der Waals surface area contributed by atoms with Crippen LogP contribution in [0, 0.1) is 0 Å². The van der Waals surface area contributed by atoms with E-state index in [4.69, 9.17) is 9.66 Å². The molecule has 2 N–H and O–H groups in total. The molecule has 0 unspecified atom stereocenters. The van der Waals surface area contributed by atoms with Crippen LogP contribution >= 0.6 is 11.3 Å². The van der Waals surface area contributed by atoms with Crippen LogP contribution in [-0.2, 0) is 14.9 Å². The van der Waals surface area contributed by atoms with Crippen molar-refractivity contribution in [1.82, 2.24) is 0 Å². The van der Waals surface area contributed by atoms with E-state index in [0.29, 0.717) is 0 Å². The second kappa shape index (κ2) is 6.50. The number of carbonyl (C=O) groups is 1. The Morgan fingerprint density at radius 3 is 2.00 bits per heavy atom. The largest absolute Gasteiger partial charge is 0.461 e. The fraction of sp³-hybridized carbons (Fsp3) is 0.500. The number of carbonyl (C=O) groups excluding carboxylic acids is 1. The van der Waals surface area contributed by atoms with Crippen molar-refractivity contribution < 1.29 is 54.0 Å². The van der Waals surface area contributed by atoms with Gasteiger partial charge in [0.2, 0.25) is 0 Å². The number of esters is 1. The molecule has 0 radical (unpaired) electrons.